The minimum atomic E-state index is -0.510. The molecule has 2 aromatic carbocycles. The van der Waals surface area contributed by atoms with E-state index in [2.05, 4.69) is 20.8 Å². The van der Waals surface area contributed by atoms with Gasteiger partial charge in [-0.2, -0.15) is 0 Å². The van der Waals surface area contributed by atoms with Gasteiger partial charge >= 0.3 is 6.03 Å². The molecule has 0 bridgehead atoms. The van der Waals surface area contributed by atoms with Crippen molar-refractivity contribution in [3.8, 4) is 11.4 Å². The number of imide groups is 1. The van der Waals surface area contributed by atoms with Gasteiger partial charge in [-0.1, -0.05) is 79.1 Å². The maximum atomic E-state index is 12.2. The molecule has 0 radical (unpaired) electrons. The van der Waals surface area contributed by atoms with E-state index in [0.29, 0.717) is 45.6 Å². The molecular formula is C22H23Cl2N5O2S. The summed E-state index contributed by atoms with van der Waals surface area (Å²) in [5, 5.41) is 15.1. The summed E-state index contributed by atoms with van der Waals surface area (Å²) in [5.41, 5.74) is 1.72. The molecule has 7 nitrogen and oxygen atoms in total. The van der Waals surface area contributed by atoms with Gasteiger partial charge in [0.15, 0.2) is 11.0 Å². The topological polar surface area (TPSA) is 88.9 Å². The highest BCUT2D eigenvalue weighted by atomic mass is 35.5. The molecule has 10 heteroatoms. The lowest BCUT2D eigenvalue weighted by Gasteiger charge is -2.12. The number of carbonyl (C=O) groups is 2. The molecule has 0 spiro atoms. The van der Waals surface area contributed by atoms with Gasteiger partial charge < -0.3 is 5.32 Å². The van der Waals surface area contributed by atoms with E-state index in [1.54, 1.807) is 18.2 Å². The minimum absolute atomic E-state index is 0.0103. The predicted molar refractivity (Wildman–Crippen MR) is 128 cm³/mol. The summed E-state index contributed by atoms with van der Waals surface area (Å²) >= 11 is 13.6. The SMILES string of the molecule is CC(C)CNC(=O)NC(=O)CSc1nnc(-c2ccc(Cl)cc2Cl)n1Cc1ccccc1. The van der Waals surface area contributed by atoms with Crippen LogP contribution in [0.25, 0.3) is 11.4 Å². The largest absolute Gasteiger partial charge is 0.338 e. The van der Waals surface area contributed by atoms with Crippen LogP contribution in [0.15, 0.2) is 53.7 Å². The van der Waals surface area contributed by atoms with Crippen LogP contribution < -0.4 is 10.6 Å². The number of benzene rings is 2. The Bertz CT molecular complexity index is 1090. The molecular weight excluding hydrogens is 469 g/mol. The molecule has 0 fully saturated rings. The molecule has 0 aliphatic heterocycles. The Morgan fingerprint density at radius 2 is 1.84 bits per heavy atom. The first-order valence-corrected chi connectivity index (χ1v) is 11.7. The second-order valence-corrected chi connectivity index (χ2v) is 9.23. The van der Waals surface area contributed by atoms with Gasteiger partial charge in [-0.3, -0.25) is 14.7 Å². The van der Waals surface area contributed by atoms with E-state index >= 15 is 0 Å². The van der Waals surface area contributed by atoms with E-state index in [9.17, 15) is 9.59 Å². The van der Waals surface area contributed by atoms with Gasteiger partial charge in [-0.15, -0.1) is 10.2 Å². The molecule has 0 aliphatic carbocycles. The Labute approximate surface area is 200 Å². The number of hydrogen-bond acceptors (Lipinski definition) is 5. The van der Waals surface area contributed by atoms with E-state index < -0.39 is 11.9 Å². The number of nitrogens with one attached hydrogen (secondary N) is 2. The van der Waals surface area contributed by atoms with Crippen LogP contribution in [0.1, 0.15) is 19.4 Å². The van der Waals surface area contributed by atoms with Crippen molar-refractivity contribution < 1.29 is 9.59 Å². The van der Waals surface area contributed by atoms with E-state index in [0.717, 1.165) is 5.56 Å². The second kappa shape index (κ2) is 11.4. The Morgan fingerprint density at radius 3 is 2.53 bits per heavy atom. The monoisotopic (exact) mass is 491 g/mol. The van der Waals surface area contributed by atoms with Gasteiger partial charge in [0.2, 0.25) is 5.91 Å². The van der Waals surface area contributed by atoms with Crippen LogP contribution in [0.5, 0.6) is 0 Å². The Kier molecular flexibility index (Phi) is 8.55. The number of hydrogen-bond donors (Lipinski definition) is 2. The van der Waals surface area contributed by atoms with Gasteiger partial charge in [-0.05, 0) is 29.7 Å². The van der Waals surface area contributed by atoms with Crippen molar-refractivity contribution in [2.24, 2.45) is 5.92 Å². The summed E-state index contributed by atoms with van der Waals surface area (Å²) < 4.78 is 1.89. The van der Waals surface area contributed by atoms with Crippen LogP contribution in [-0.2, 0) is 11.3 Å². The predicted octanol–water partition coefficient (Wildman–Crippen LogP) is 4.87. The molecule has 0 saturated carbocycles. The number of rotatable bonds is 8. The maximum Gasteiger partial charge on any atom is 0.321 e. The molecule has 3 amide bonds. The van der Waals surface area contributed by atoms with Crippen molar-refractivity contribution in [2.45, 2.75) is 25.5 Å². The zero-order valence-electron chi connectivity index (χ0n) is 17.6. The molecule has 3 aromatic rings. The van der Waals surface area contributed by atoms with Gasteiger partial charge in [0.1, 0.15) is 0 Å². The lowest BCUT2D eigenvalue weighted by atomic mass is 10.2. The number of thioether (sulfide) groups is 1. The Balaban J connectivity index is 1.79. The number of carbonyl (C=O) groups excluding carboxylic acids is 2. The third-order valence-corrected chi connectivity index (χ3v) is 5.84. The maximum absolute atomic E-state index is 12.2. The number of halogens is 2. The molecule has 0 atom stereocenters. The average molecular weight is 492 g/mol. The van der Waals surface area contributed by atoms with Crippen molar-refractivity contribution in [3.63, 3.8) is 0 Å². The first-order chi connectivity index (χ1) is 15.3. The number of urea groups is 1. The highest BCUT2D eigenvalue weighted by Crippen LogP contribution is 2.32. The fourth-order valence-electron chi connectivity index (χ4n) is 2.81. The molecule has 3 rings (SSSR count). The zero-order chi connectivity index (χ0) is 23.1. The summed E-state index contributed by atoms with van der Waals surface area (Å²) in [6, 6.07) is 14.5. The van der Waals surface area contributed by atoms with E-state index in [-0.39, 0.29) is 5.75 Å². The molecule has 32 heavy (non-hydrogen) atoms. The fourth-order valence-corrected chi connectivity index (χ4v) is 4.04. The summed E-state index contributed by atoms with van der Waals surface area (Å²) in [7, 11) is 0. The molecule has 168 valence electrons. The van der Waals surface area contributed by atoms with Crippen LogP contribution in [-0.4, -0.2) is 39.0 Å². The molecule has 1 heterocycles. The van der Waals surface area contributed by atoms with Crippen molar-refractivity contribution in [1.82, 2.24) is 25.4 Å². The molecule has 1 aromatic heterocycles. The summed E-state index contributed by atoms with van der Waals surface area (Å²) in [5.74, 6) is 0.445. The first-order valence-electron chi connectivity index (χ1n) is 9.96. The normalized spacial score (nSPS) is 10.9. The molecule has 0 saturated heterocycles. The third-order valence-electron chi connectivity index (χ3n) is 4.33. The smallest absolute Gasteiger partial charge is 0.321 e. The van der Waals surface area contributed by atoms with Crippen molar-refractivity contribution in [3.05, 3.63) is 64.1 Å². The van der Waals surface area contributed by atoms with Crippen LogP contribution in [0.2, 0.25) is 10.0 Å². The lowest BCUT2D eigenvalue weighted by molar-refractivity contribution is -0.117. The van der Waals surface area contributed by atoms with Crippen LogP contribution in [0, 0.1) is 5.92 Å². The van der Waals surface area contributed by atoms with Gasteiger partial charge in [0.25, 0.3) is 0 Å². The Hall–Kier alpha value is -2.55. The van der Waals surface area contributed by atoms with Crippen molar-refractivity contribution >= 4 is 46.9 Å². The third kappa shape index (κ3) is 6.72. The van der Waals surface area contributed by atoms with E-state index in [4.69, 9.17) is 23.2 Å². The molecule has 0 unspecified atom stereocenters. The van der Waals surface area contributed by atoms with Gasteiger partial charge in [0, 0.05) is 17.1 Å². The second-order valence-electron chi connectivity index (χ2n) is 7.44. The quantitative estimate of drug-likeness (QED) is 0.438. The summed E-state index contributed by atoms with van der Waals surface area (Å²) in [4.78, 5) is 24.0. The van der Waals surface area contributed by atoms with Crippen LogP contribution >= 0.6 is 35.0 Å². The highest BCUT2D eigenvalue weighted by Gasteiger charge is 2.19. The highest BCUT2D eigenvalue weighted by molar-refractivity contribution is 7.99. The van der Waals surface area contributed by atoms with E-state index in [1.807, 2.05) is 48.7 Å². The van der Waals surface area contributed by atoms with Gasteiger partial charge in [0.05, 0.1) is 17.3 Å². The number of amides is 3. The first kappa shape index (κ1) is 24.1. The standard InChI is InChI=1S/C22H23Cl2N5O2S/c1-14(2)11-25-21(31)26-19(30)13-32-22-28-27-20(17-9-8-16(23)10-18(17)24)29(22)12-15-6-4-3-5-7-15/h3-10,14H,11-13H2,1-2H3,(H2,25,26,30,31). The Morgan fingerprint density at radius 1 is 1.09 bits per heavy atom. The van der Waals surface area contributed by atoms with Crippen LogP contribution in [0.3, 0.4) is 0 Å². The zero-order valence-corrected chi connectivity index (χ0v) is 20.0. The summed E-state index contributed by atoms with van der Waals surface area (Å²) in [6.07, 6.45) is 0. The minimum Gasteiger partial charge on any atom is -0.338 e. The van der Waals surface area contributed by atoms with Crippen molar-refractivity contribution in [2.75, 3.05) is 12.3 Å². The number of nitrogens with zero attached hydrogens (tertiary/aromatic N) is 3. The fraction of sp³-hybridized carbons (Fsp3) is 0.273. The molecule has 0 aliphatic rings. The lowest BCUT2D eigenvalue weighted by Crippen LogP contribution is -2.41. The van der Waals surface area contributed by atoms with Crippen molar-refractivity contribution in [1.29, 1.82) is 0 Å². The molecule has 2 N–H and O–H groups in total. The van der Waals surface area contributed by atoms with Crippen LogP contribution in [0.4, 0.5) is 4.79 Å². The van der Waals surface area contributed by atoms with Gasteiger partial charge in [-0.25, -0.2) is 4.79 Å². The summed E-state index contributed by atoms with van der Waals surface area (Å²) in [6.45, 7) is 4.92. The average Bonchev–Trinajstić information content (AvgIpc) is 3.13. The van der Waals surface area contributed by atoms with E-state index in [1.165, 1.54) is 11.8 Å². The number of aromatic nitrogens is 3.